The Balaban J connectivity index is 1.47. The summed E-state index contributed by atoms with van der Waals surface area (Å²) >= 11 is 0. The summed E-state index contributed by atoms with van der Waals surface area (Å²) in [7, 11) is -3.72. The molecule has 30 heavy (non-hydrogen) atoms. The first-order chi connectivity index (χ1) is 14.5. The van der Waals surface area contributed by atoms with Crippen LogP contribution in [0.3, 0.4) is 0 Å². The van der Waals surface area contributed by atoms with E-state index in [9.17, 15) is 13.2 Å². The van der Waals surface area contributed by atoms with Gasteiger partial charge in [-0.05, 0) is 37.5 Å². The Morgan fingerprint density at radius 1 is 1.13 bits per heavy atom. The molecule has 3 aromatic rings. The van der Waals surface area contributed by atoms with Crippen molar-refractivity contribution in [3.05, 3.63) is 72.7 Å². The molecule has 0 radical (unpaired) electrons. The zero-order valence-corrected chi connectivity index (χ0v) is 17.5. The van der Waals surface area contributed by atoms with Gasteiger partial charge in [-0.25, -0.2) is 13.4 Å². The van der Waals surface area contributed by atoms with Gasteiger partial charge in [-0.3, -0.25) is 4.79 Å². The van der Waals surface area contributed by atoms with Crippen molar-refractivity contribution in [1.29, 1.82) is 0 Å². The fourth-order valence-corrected chi connectivity index (χ4v) is 5.39. The summed E-state index contributed by atoms with van der Waals surface area (Å²) in [5.41, 5.74) is 1.87. The minimum Gasteiger partial charge on any atom is -0.345 e. The predicted molar refractivity (Wildman–Crippen MR) is 114 cm³/mol. The second-order valence-electron chi connectivity index (χ2n) is 7.37. The summed E-state index contributed by atoms with van der Waals surface area (Å²) in [5.74, 6) is 0.315. The summed E-state index contributed by atoms with van der Waals surface area (Å²) in [6.45, 7) is 2.17. The number of hydrogen-bond donors (Lipinski definition) is 2. The van der Waals surface area contributed by atoms with Crippen molar-refractivity contribution in [2.75, 3.05) is 6.54 Å². The highest BCUT2D eigenvalue weighted by molar-refractivity contribution is 7.89. The highest BCUT2D eigenvalue weighted by Crippen LogP contribution is 2.27. The van der Waals surface area contributed by atoms with E-state index >= 15 is 0 Å². The largest absolute Gasteiger partial charge is 0.345 e. The average Bonchev–Trinajstić information content (AvgIpc) is 3.45. The van der Waals surface area contributed by atoms with Crippen LogP contribution in [-0.4, -0.2) is 41.2 Å². The molecule has 7 nitrogen and oxygen atoms in total. The SMILES string of the molecule is CC(NC(=O)C1CCCN1S(=O)(=O)c1ccccc1)c1ncc(-c2ccccc2)[nH]1. The molecule has 4 rings (SSSR count). The summed E-state index contributed by atoms with van der Waals surface area (Å²) in [6, 6.07) is 16.9. The summed E-state index contributed by atoms with van der Waals surface area (Å²) in [6.07, 6.45) is 2.88. The number of carbonyl (C=O) groups excluding carboxylic acids is 1. The van der Waals surface area contributed by atoms with Gasteiger partial charge in [0.15, 0.2) is 0 Å². The zero-order valence-electron chi connectivity index (χ0n) is 16.7. The number of nitrogens with one attached hydrogen (secondary N) is 2. The molecule has 2 atom stereocenters. The molecule has 1 aliphatic rings. The number of H-pyrrole nitrogens is 1. The van der Waals surface area contributed by atoms with E-state index in [1.807, 2.05) is 37.3 Å². The second-order valence-corrected chi connectivity index (χ2v) is 9.26. The molecular weight excluding hydrogens is 400 g/mol. The molecule has 1 aliphatic heterocycles. The van der Waals surface area contributed by atoms with Gasteiger partial charge in [0.05, 0.1) is 22.8 Å². The minimum atomic E-state index is -3.72. The lowest BCUT2D eigenvalue weighted by Gasteiger charge is -2.24. The third-order valence-electron chi connectivity index (χ3n) is 5.31. The smallest absolute Gasteiger partial charge is 0.243 e. The molecule has 1 saturated heterocycles. The highest BCUT2D eigenvalue weighted by Gasteiger charge is 2.39. The number of rotatable bonds is 6. The third-order valence-corrected chi connectivity index (χ3v) is 7.23. The Kier molecular flexibility index (Phi) is 5.69. The first-order valence-electron chi connectivity index (χ1n) is 9.94. The molecule has 1 amide bonds. The van der Waals surface area contributed by atoms with Crippen LogP contribution in [0.25, 0.3) is 11.3 Å². The van der Waals surface area contributed by atoms with E-state index < -0.39 is 16.1 Å². The monoisotopic (exact) mass is 424 g/mol. The Morgan fingerprint density at radius 3 is 2.50 bits per heavy atom. The Labute approximate surface area is 176 Å². The van der Waals surface area contributed by atoms with Crippen LogP contribution >= 0.6 is 0 Å². The highest BCUT2D eigenvalue weighted by atomic mass is 32.2. The van der Waals surface area contributed by atoms with E-state index in [0.29, 0.717) is 25.2 Å². The molecule has 1 fully saturated rings. The van der Waals surface area contributed by atoms with E-state index in [-0.39, 0.29) is 16.8 Å². The fourth-order valence-electron chi connectivity index (χ4n) is 3.72. The number of nitrogens with zero attached hydrogens (tertiary/aromatic N) is 2. The molecule has 156 valence electrons. The fraction of sp³-hybridized carbons (Fsp3) is 0.273. The molecule has 2 aromatic carbocycles. The second kappa shape index (κ2) is 8.41. The standard InChI is InChI=1S/C22H24N4O3S/c1-16(21-23-15-19(25-21)17-9-4-2-5-10-17)24-22(27)20-13-8-14-26(20)30(28,29)18-11-6-3-7-12-18/h2-7,9-12,15-16,20H,8,13-14H2,1H3,(H,23,25)(H,24,27). The van der Waals surface area contributed by atoms with Crippen LogP contribution < -0.4 is 5.32 Å². The third kappa shape index (κ3) is 4.01. The van der Waals surface area contributed by atoms with Crippen molar-refractivity contribution in [3.8, 4) is 11.3 Å². The lowest BCUT2D eigenvalue weighted by molar-refractivity contribution is -0.124. The number of benzene rings is 2. The molecule has 0 saturated carbocycles. The summed E-state index contributed by atoms with van der Waals surface area (Å²) in [5, 5.41) is 2.92. The van der Waals surface area contributed by atoms with Gasteiger partial charge < -0.3 is 10.3 Å². The van der Waals surface area contributed by atoms with E-state index in [4.69, 9.17) is 0 Å². The van der Waals surface area contributed by atoms with Crippen LogP contribution in [-0.2, 0) is 14.8 Å². The van der Waals surface area contributed by atoms with E-state index in [0.717, 1.165) is 11.3 Å². The van der Waals surface area contributed by atoms with Crippen LogP contribution in [0.4, 0.5) is 0 Å². The van der Waals surface area contributed by atoms with Crippen LogP contribution in [0.15, 0.2) is 71.8 Å². The molecule has 1 aromatic heterocycles. The van der Waals surface area contributed by atoms with E-state index in [2.05, 4.69) is 15.3 Å². The molecule has 2 unspecified atom stereocenters. The van der Waals surface area contributed by atoms with Gasteiger partial charge in [-0.15, -0.1) is 0 Å². The van der Waals surface area contributed by atoms with Gasteiger partial charge in [0.2, 0.25) is 15.9 Å². The molecule has 0 spiro atoms. The molecule has 8 heteroatoms. The van der Waals surface area contributed by atoms with Crippen LogP contribution in [0, 0.1) is 0 Å². The molecular formula is C22H24N4O3S. The van der Waals surface area contributed by atoms with E-state index in [1.54, 1.807) is 36.5 Å². The lowest BCUT2D eigenvalue weighted by atomic mass is 10.2. The quantitative estimate of drug-likeness (QED) is 0.636. The molecule has 2 N–H and O–H groups in total. The average molecular weight is 425 g/mol. The topological polar surface area (TPSA) is 95.2 Å². The first kappa shape index (κ1) is 20.3. The normalized spacial score (nSPS) is 18.2. The predicted octanol–water partition coefficient (Wildman–Crippen LogP) is 3.11. The van der Waals surface area contributed by atoms with Gasteiger partial charge in [0.1, 0.15) is 11.9 Å². The van der Waals surface area contributed by atoms with Crippen molar-refractivity contribution in [2.45, 2.75) is 36.7 Å². The number of aromatic amines is 1. The van der Waals surface area contributed by atoms with Gasteiger partial charge in [-0.1, -0.05) is 48.5 Å². The van der Waals surface area contributed by atoms with Crippen LogP contribution in [0.5, 0.6) is 0 Å². The van der Waals surface area contributed by atoms with Crippen molar-refractivity contribution < 1.29 is 13.2 Å². The minimum absolute atomic E-state index is 0.205. The van der Waals surface area contributed by atoms with Crippen LogP contribution in [0.1, 0.15) is 31.6 Å². The number of imidazole rings is 1. The zero-order chi connectivity index (χ0) is 21.1. The molecule has 0 bridgehead atoms. The molecule has 2 heterocycles. The summed E-state index contributed by atoms with van der Waals surface area (Å²) < 4.78 is 27.3. The maximum atomic E-state index is 13.0. The van der Waals surface area contributed by atoms with E-state index in [1.165, 1.54) is 4.31 Å². The summed E-state index contributed by atoms with van der Waals surface area (Å²) in [4.78, 5) is 20.8. The van der Waals surface area contributed by atoms with Gasteiger partial charge in [-0.2, -0.15) is 4.31 Å². The Morgan fingerprint density at radius 2 is 1.80 bits per heavy atom. The van der Waals surface area contributed by atoms with Crippen molar-refractivity contribution in [2.24, 2.45) is 0 Å². The first-order valence-corrected chi connectivity index (χ1v) is 11.4. The Bertz CT molecular complexity index is 1110. The van der Waals surface area contributed by atoms with Crippen molar-refractivity contribution >= 4 is 15.9 Å². The van der Waals surface area contributed by atoms with Gasteiger partial charge in [0.25, 0.3) is 0 Å². The van der Waals surface area contributed by atoms with Gasteiger partial charge in [0, 0.05) is 6.54 Å². The Hall–Kier alpha value is -2.97. The maximum absolute atomic E-state index is 13.0. The van der Waals surface area contributed by atoms with Gasteiger partial charge >= 0.3 is 0 Å². The number of aromatic nitrogens is 2. The number of amides is 1. The number of sulfonamides is 1. The van der Waals surface area contributed by atoms with Crippen molar-refractivity contribution in [3.63, 3.8) is 0 Å². The lowest BCUT2D eigenvalue weighted by Crippen LogP contribution is -2.46. The van der Waals surface area contributed by atoms with Crippen LogP contribution in [0.2, 0.25) is 0 Å². The maximum Gasteiger partial charge on any atom is 0.243 e. The molecule has 0 aliphatic carbocycles. The number of carbonyl (C=O) groups is 1. The number of hydrogen-bond acceptors (Lipinski definition) is 4. The van der Waals surface area contributed by atoms with Crippen molar-refractivity contribution in [1.82, 2.24) is 19.6 Å².